The van der Waals surface area contributed by atoms with Crippen molar-refractivity contribution in [2.24, 2.45) is 0 Å². The number of aryl methyl sites for hydroxylation is 1. The molecule has 6 nitrogen and oxygen atoms in total. The van der Waals surface area contributed by atoms with Gasteiger partial charge in [-0.3, -0.25) is 14.4 Å². The number of hydrogen-bond acceptors (Lipinski definition) is 5. The van der Waals surface area contributed by atoms with Crippen LogP contribution in [0.4, 0.5) is 10.8 Å². The topological polar surface area (TPSA) is 79.4 Å². The summed E-state index contributed by atoms with van der Waals surface area (Å²) in [5, 5.41) is 3.20. The van der Waals surface area contributed by atoms with Crippen LogP contribution in [0, 0.1) is 6.92 Å². The number of hydrogen-bond donors (Lipinski definition) is 1. The van der Waals surface area contributed by atoms with E-state index < -0.39 is 10.0 Å². The number of thiazole rings is 1. The number of nitrogens with zero attached hydrogens (tertiary/aromatic N) is 2. The zero-order valence-corrected chi connectivity index (χ0v) is 17.0. The number of fused-ring (bicyclic) bond motifs is 1. The Balaban J connectivity index is 1.66. The average Bonchev–Trinajstić information content (AvgIpc) is 3.23. The highest BCUT2D eigenvalue weighted by Crippen LogP contribution is 2.36. The van der Waals surface area contributed by atoms with E-state index in [2.05, 4.69) is 10.3 Å². The van der Waals surface area contributed by atoms with E-state index in [0.29, 0.717) is 17.2 Å². The monoisotopic (exact) mass is 413 g/mol. The lowest BCUT2D eigenvalue weighted by molar-refractivity contribution is 0.102. The molecule has 1 amide bonds. The second-order valence-corrected chi connectivity index (χ2v) is 9.79. The van der Waals surface area contributed by atoms with Crippen LogP contribution >= 0.6 is 11.3 Å². The summed E-state index contributed by atoms with van der Waals surface area (Å²) < 4.78 is 28.1. The minimum absolute atomic E-state index is 0.0963. The van der Waals surface area contributed by atoms with Crippen molar-refractivity contribution >= 4 is 38.1 Å². The first kappa shape index (κ1) is 18.6. The molecule has 0 spiro atoms. The van der Waals surface area contributed by atoms with E-state index >= 15 is 0 Å². The van der Waals surface area contributed by atoms with Gasteiger partial charge in [0.1, 0.15) is 0 Å². The van der Waals surface area contributed by atoms with Gasteiger partial charge in [0.15, 0.2) is 5.13 Å². The van der Waals surface area contributed by atoms with Crippen LogP contribution in [0.15, 0.2) is 59.6 Å². The molecule has 28 heavy (non-hydrogen) atoms. The van der Waals surface area contributed by atoms with Gasteiger partial charge < -0.3 is 0 Å². The number of anilines is 2. The van der Waals surface area contributed by atoms with Gasteiger partial charge in [-0.05, 0) is 50.1 Å². The summed E-state index contributed by atoms with van der Waals surface area (Å²) in [7, 11) is -3.79. The minimum atomic E-state index is -3.79. The van der Waals surface area contributed by atoms with Crippen molar-refractivity contribution in [3.8, 4) is 0 Å². The lowest BCUT2D eigenvalue weighted by Crippen LogP contribution is -2.35. The van der Waals surface area contributed by atoms with E-state index in [4.69, 9.17) is 0 Å². The van der Waals surface area contributed by atoms with Crippen LogP contribution in [0.3, 0.4) is 0 Å². The van der Waals surface area contributed by atoms with E-state index in [1.165, 1.54) is 27.8 Å². The maximum Gasteiger partial charge on any atom is 0.264 e. The van der Waals surface area contributed by atoms with Crippen molar-refractivity contribution in [3.63, 3.8) is 0 Å². The average molecular weight is 414 g/mol. The molecule has 0 unspecified atom stereocenters. The van der Waals surface area contributed by atoms with Gasteiger partial charge in [-0.25, -0.2) is 13.4 Å². The van der Waals surface area contributed by atoms with E-state index in [-0.39, 0.29) is 22.4 Å². The Morgan fingerprint density at radius 2 is 2.00 bits per heavy atom. The molecule has 2 heterocycles. The summed E-state index contributed by atoms with van der Waals surface area (Å²) in [6, 6.07) is 13.4. The van der Waals surface area contributed by atoms with E-state index in [9.17, 15) is 13.2 Å². The molecule has 144 valence electrons. The van der Waals surface area contributed by atoms with Crippen molar-refractivity contribution in [1.29, 1.82) is 0 Å². The standard InChI is InChI=1S/C20H19N3O3S2/c1-13-10-15-6-3-4-9-18(15)23(13)28(25,26)17-8-5-7-16(11-17)19(24)22-20-21-12-14(2)27-20/h3-9,11-13H,10H2,1-2H3,(H,21,22,24)/t13-/m1/s1. The Morgan fingerprint density at radius 1 is 1.21 bits per heavy atom. The molecular formula is C20H19N3O3S2. The fourth-order valence-corrected chi connectivity index (χ4v) is 5.80. The molecule has 3 aromatic rings. The fraction of sp³-hybridized carbons (Fsp3) is 0.200. The van der Waals surface area contributed by atoms with Gasteiger partial charge in [0, 0.05) is 22.7 Å². The molecule has 0 fully saturated rings. The molecule has 0 aliphatic carbocycles. The van der Waals surface area contributed by atoms with Crippen LogP contribution in [0.1, 0.15) is 27.7 Å². The number of amides is 1. The lowest BCUT2D eigenvalue weighted by Gasteiger charge is -2.24. The molecule has 1 aromatic heterocycles. The first-order valence-corrected chi connectivity index (χ1v) is 11.1. The third-order valence-corrected chi connectivity index (χ3v) is 7.39. The molecule has 0 radical (unpaired) electrons. The number of aromatic nitrogens is 1. The molecule has 1 aliphatic rings. The number of carbonyl (C=O) groups is 1. The Hall–Kier alpha value is -2.71. The number of para-hydroxylation sites is 1. The fourth-order valence-electron chi connectivity index (χ4n) is 3.40. The van der Waals surface area contributed by atoms with Gasteiger partial charge >= 0.3 is 0 Å². The van der Waals surface area contributed by atoms with Gasteiger partial charge in [0.05, 0.1) is 10.6 Å². The zero-order valence-electron chi connectivity index (χ0n) is 15.4. The summed E-state index contributed by atoms with van der Waals surface area (Å²) in [5.41, 5.74) is 1.98. The molecule has 2 aromatic carbocycles. The van der Waals surface area contributed by atoms with Crippen molar-refractivity contribution in [2.45, 2.75) is 31.2 Å². The lowest BCUT2D eigenvalue weighted by atomic mass is 10.1. The third kappa shape index (κ3) is 3.29. The third-order valence-electron chi connectivity index (χ3n) is 4.64. The molecule has 4 rings (SSSR count). The van der Waals surface area contributed by atoms with Gasteiger partial charge in [-0.1, -0.05) is 24.3 Å². The van der Waals surface area contributed by atoms with Crippen molar-refractivity contribution in [3.05, 3.63) is 70.7 Å². The summed E-state index contributed by atoms with van der Waals surface area (Å²) in [4.78, 5) is 17.7. The molecule has 0 saturated heterocycles. The minimum Gasteiger partial charge on any atom is -0.298 e. The van der Waals surface area contributed by atoms with Crippen molar-refractivity contribution < 1.29 is 13.2 Å². The quantitative estimate of drug-likeness (QED) is 0.705. The summed E-state index contributed by atoms with van der Waals surface area (Å²) in [5.74, 6) is -0.388. The predicted octanol–water partition coefficient (Wildman–Crippen LogP) is 3.84. The van der Waals surface area contributed by atoms with Crippen molar-refractivity contribution in [1.82, 2.24) is 4.98 Å². The van der Waals surface area contributed by atoms with E-state index in [1.807, 2.05) is 38.1 Å². The smallest absolute Gasteiger partial charge is 0.264 e. The molecule has 1 N–H and O–H groups in total. The molecule has 1 atom stereocenters. The molecule has 8 heteroatoms. The highest BCUT2D eigenvalue weighted by atomic mass is 32.2. The van der Waals surface area contributed by atoms with E-state index in [0.717, 1.165) is 10.4 Å². The number of carbonyl (C=O) groups excluding carboxylic acids is 1. The highest BCUT2D eigenvalue weighted by Gasteiger charge is 2.36. The Kier molecular flexibility index (Phi) is 4.68. The van der Waals surface area contributed by atoms with Gasteiger partial charge in [-0.2, -0.15) is 0 Å². The first-order chi connectivity index (χ1) is 13.4. The van der Waals surface area contributed by atoms with Crippen LogP contribution in [-0.4, -0.2) is 25.4 Å². The number of nitrogens with one attached hydrogen (secondary N) is 1. The second kappa shape index (κ2) is 7.03. The number of benzene rings is 2. The highest BCUT2D eigenvalue weighted by molar-refractivity contribution is 7.92. The normalized spacial score (nSPS) is 16.1. The number of sulfonamides is 1. The zero-order chi connectivity index (χ0) is 19.9. The molecule has 0 saturated carbocycles. The van der Waals surface area contributed by atoms with Crippen LogP contribution in [0.25, 0.3) is 0 Å². The van der Waals surface area contributed by atoms with Crippen LogP contribution in [-0.2, 0) is 16.4 Å². The Bertz CT molecular complexity index is 1150. The van der Waals surface area contributed by atoms with Gasteiger partial charge in [0.2, 0.25) is 0 Å². The second-order valence-electron chi connectivity index (χ2n) is 6.74. The van der Waals surface area contributed by atoms with Crippen LogP contribution < -0.4 is 9.62 Å². The van der Waals surface area contributed by atoms with E-state index in [1.54, 1.807) is 18.3 Å². The molecular weight excluding hydrogens is 394 g/mol. The molecule has 0 bridgehead atoms. The van der Waals surface area contributed by atoms with Gasteiger partial charge in [0.25, 0.3) is 15.9 Å². The first-order valence-electron chi connectivity index (χ1n) is 8.82. The van der Waals surface area contributed by atoms with Crippen LogP contribution in [0.2, 0.25) is 0 Å². The summed E-state index contributed by atoms with van der Waals surface area (Å²) in [6.07, 6.45) is 2.34. The Morgan fingerprint density at radius 3 is 2.75 bits per heavy atom. The Labute approximate surface area is 167 Å². The summed E-state index contributed by atoms with van der Waals surface area (Å²) in [6.45, 7) is 3.79. The maximum atomic E-state index is 13.3. The number of rotatable bonds is 4. The molecule has 1 aliphatic heterocycles. The SMILES string of the molecule is Cc1cnc(NC(=O)c2cccc(S(=O)(=O)N3c4ccccc4C[C@H]3C)c2)s1. The maximum absolute atomic E-state index is 13.3. The largest absolute Gasteiger partial charge is 0.298 e. The van der Waals surface area contributed by atoms with Gasteiger partial charge in [-0.15, -0.1) is 11.3 Å². The van der Waals surface area contributed by atoms with Crippen LogP contribution in [0.5, 0.6) is 0 Å². The predicted molar refractivity (Wildman–Crippen MR) is 111 cm³/mol. The summed E-state index contributed by atoms with van der Waals surface area (Å²) >= 11 is 1.36. The van der Waals surface area contributed by atoms with Crippen molar-refractivity contribution in [2.75, 3.05) is 9.62 Å².